The van der Waals surface area contributed by atoms with Crippen LogP contribution in [-0.2, 0) is 24.5 Å². The Morgan fingerprint density at radius 2 is 1.94 bits per heavy atom. The summed E-state index contributed by atoms with van der Waals surface area (Å²) in [4.78, 5) is 23.4. The number of benzene rings is 2. The van der Waals surface area contributed by atoms with E-state index in [0.29, 0.717) is 13.2 Å². The monoisotopic (exact) mass is 446 g/mol. The Bertz CT molecular complexity index is 1240. The minimum Gasteiger partial charge on any atom is -0.487 e. The molecule has 0 saturated heterocycles. The maximum atomic E-state index is 12.6. The molecule has 4 rings (SSSR count). The van der Waals surface area contributed by atoms with Gasteiger partial charge < -0.3 is 14.2 Å². The van der Waals surface area contributed by atoms with Crippen molar-refractivity contribution in [3.05, 3.63) is 82.1 Å². The largest absolute Gasteiger partial charge is 0.487 e. The molecular formula is C25H26N4O2S. The minimum absolute atomic E-state index is 0.0704. The molecule has 0 N–H and O–H groups in total. The first-order valence-corrected chi connectivity index (χ1v) is 11.4. The van der Waals surface area contributed by atoms with Crippen LogP contribution in [0.1, 0.15) is 29.0 Å². The number of carbonyl (C=O) groups is 1. The van der Waals surface area contributed by atoms with E-state index in [4.69, 9.17) is 9.72 Å². The number of nitrogens with zero attached hydrogens (tertiary/aromatic N) is 4. The average molecular weight is 447 g/mol. The van der Waals surface area contributed by atoms with Crippen molar-refractivity contribution in [3.63, 3.8) is 0 Å². The van der Waals surface area contributed by atoms with Gasteiger partial charge in [0.1, 0.15) is 18.2 Å². The number of hydrogen-bond donors (Lipinski definition) is 0. The second-order valence-electron chi connectivity index (χ2n) is 7.50. The summed E-state index contributed by atoms with van der Waals surface area (Å²) in [7, 11) is 1.79. The van der Waals surface area contributed by atoms with Crippen LogP contribution in [0.5, 0.6) is 5.75 Å². The highest BCUT2D eigenvalue weighted by molar-refractivity contribution is 7.09. The van der Waals surface area contributed by atoms with Crippen LogP contribution in [0.3, 0.4) is 0 Å². The first kappa shape index (κ1) is 21.8. The Kier molecular flexibility index (Phi) is 6.66. The molecular weight excluding hydrogens is 420 g/mol. The first-order valence-electron chi connectivity index (χ1n) is 10.5. The maximum Gasteiger partial charge on any atom is 0.246 e. The molecule has 0 saturated carbocycles. The molecule has 2 aromatic heterocycles. The van der Waals surface area contributed by atoms with E-state index in [-0.39, 0.29) is 5.91 Å². The third-order valence-corrected chi connectivity index (χ3v) is 5.98. The lowest BCUT2D eigenvalue weighted by Crippen LogP contribution is -2.26. The lowest BCUT2D eigenvalue weighted by atomic mass is 10.2. The summed E-state index contributed by atoms with van der Waals surface area (Å²) in [6.45, 7) is 5.78. The predicted octanol–water partition coefficient (Wildman–Crippen LogP) is 5.07. The van der Waals surface area contributed by atoms with E-state index in [2.05, 4.69) is 22.5 Å². The van der Waals surface area contributed by atoms with Gasteiger partial charge in [0.2, 0.25) is 5.91 Å². The van der Waals surface area contributed by atoms with Gasteiger partial charge in [0.25, 0.3) is 0 Å². The van der Waals surface area contributed by atoms with Gasteiger partial charge >= 0.3 is 0 Å². The van der Waals surface area contributed by atoms with E-state index >= 15 is 0 Å². The van der Waals surface area contributed by atoms with Crippen LogP contribution >= 0.6 is 11.3 Å². The van der Waals surface area contributed by atoms with Crippen LogP contribution in [0.4, 0.5) is 0 Å². The summed E-state index contributed by atoms with van der Waals surface area (Å²) < 4.78 is 7.92. The van der Waals surface area contributed by atoms with E-state index in [9.17, 15) is 4.79 Å². The summed E-state index contributed by atoms with van der Waals surface area (Å²) in [6.07, 6.45) is 3.40. The number of carbonyl (C=O) groups excluding carboxylic acids is 1. The fraction of sp³-hybridized carbons (Fsp3) is 0.240. The van der Waals surface area contributed by atoms with Crippen molar-refractivity contribution in [3.8, 4) is 5.75 Å². The van der Waals surface area contributed by atoms with Crippen LogP contribution in [-0.4, -0.2) is 32.4 Å². The zero-order valence-corrected chi connectivity index (χ0v) is 19.3. The van der Waals surface area contributed by atoms with Gasteiger partial charge in [0.15, 0.2) is 0 Å². The van der Waals surface area contributed by atoms with E-state index in [1.807, 2.05) is 60.8 Å². The molecule has 0 spiro atoms. The van der Waals surface area contributed by atoms with Gasteiger partial charge in [-0.2, -0.15) is 0 Å². The van der Waals surface area contributed by atoms with Crippen LogP contribution in [0, 0.1) is 6.92 Å². The van der Waals surface area contributed by atoms with Crippen molar-refractivity contribution in [1.29, 1.82) is 0 Å². The zero-order chi connectivity index (χ0) is 22.5. The van der Waals surface area contributed by atoms with Crippen molar-refractivity contribution < 1.29 is 9.53 Å². The first-order chi connectivity index (χ1) is 15.5. The van der Waals surface area contributed by atoms with Crippen molar-refractivity contribution >= 4 is 34.4 Å². The SMILES string of the molecule is CCn1c(CN(C)C(=O)/C=C/c2ccc(OCc3csc(C)n3)cc2)nc2ccccc21. The lowest BCUT2D eigenvalue weighted by molar-refractivity contribution is -0.125. The van der Waals surface area contributed by atoms with Crippen molar-refractivity contribution in [2.24, 2.45) is 0 Å². The van der Waals surface area contributed by atoms with Crippen molar-refractivity contribution in [2.45, 2.75) is 33.5 Å². The number of likely N-dealkylation sites (N-methyl/N-ethyl adjacent to an activating group) is 1. The molecule has 0 fully saturated rings. The summed E-state index contributed by atoms with van der Waals surface area (Å²) >= 11 is 1.62. The Morgan fingerprint density at radius 1 is 1.16 bits per heavy atom. The zero-order valence-electron chi connectivity index (χ0n) is 18.5. The van der Waals surface area contributed by atoms with E-state index in [0.717, 1.165) is 45.4 Å². The molecule has 0 atom stereocenters. The van der Waals surface area contributed by atoms with Gasteiger partial charge in [-0.1, -0.05) is 24.3 Å². The number of thiazole rings is 1. The van der Waals surface area contributed by atoms with Gasteiger partial charge in [-0.05, 0) is 49.8 Å². The quantitative estimate of drug-likeness (QED) is 0.355. The predicted molar refractivity (Wildman–Crippen MR) is 129 cm³/mol. The molecule has 4 aromatic rings. The molecule has 164 valence electrons. The molecule has 0 aliphatic heterocycles. The van der Waals surface area contributed by atoms with Gasteiger partial charge in [0.05, 0.1) is 28.3 Å². The number of aromatic nitrogens is 3. The highest BCUT2D eigenvalue weighted by atomic mass is 32.1. The van der Waals surface area contributed by atoms with E-state index < -0.39 is 0 Å². The molecule has 0 bridgehead atoms. The number of rotatable bonds is 8. The second kappa shape index (κ2) is 9.78. The highest BCUT2D eigenvalue weighted by Crippen LogP contribution is 2.18. The molecule has 7 heteroatoms. The summed E-state index contributed by atoms with van der Waals surface area (Å²) in [6, 6.07) is 15.7. The van der Waals surface area contributed by atoms with Crippen molar-refractivity contribution in [2.75, 3.05) is 7.05 Å². The van der Waals surface area contributed by atoms with Gasteiger partial charge in [-0.15, -0.1) is 11.3 Å². The van der Waals surface area contributed by atoms with Gasteiger partial charge in [0, 0.05) is 25.0 Å². The number of aryl methyl sites for hydroxylation is 2. The molecule has 0 aliphatic carbocycles. The average Bonchev–Trinajstić information content (AvgIpc) is 3.38. The molecule has 0 unspecified atom stereocenters. The van der Waals surface area contributed by atoms with Gasteiger partial charge in [-0.3, -0.25) is 4.79 Å². The van der Waals surface area contributed by atoms with Gasteiger partial charge in [-0.25, -0.2) is 9.97 Å². The Labute approximate surface area is 191 Å². The van der Waals surface area contributed by atoms with Crippen LogP contribution in [0.25, 0.3) is 17.1 Å². The highest BCUT2D eigenvalue weighted by Gasteiger charge is 2.13. The number of imidazole rings is 1. The van der Waals surface area contributed by atoms with Crippen LogP contribution < -0.4 is 4.74 Å². The fourth-order valence-electron chi connectivity index (χ4n) is 3.49. The molecule has 0 radical (unpaired) electrons. The van der Waals surface area contributed by atoms with E-state index in [1.165, 1.54) is 0 Å². The number of para-hydroxylation sites is 2. The third-order valence-electron chi connectivity index (χ3n) is 5.16. The Balaban J connectivity index is 1.35. The standard InChI is InChI=1S/C25H26N4O2S/c1-4-29-23-8-6-5-7-22(23)27-24(29)15-28(3)25(30)14-11-19-9-12-21(13-10-19)31-16-20-17-32-18(2)26-20/h5-14,17H,4,15-16H2,1-3H3/b14-11+. The summed E-state index contributed by atoms with van der Waals surface area (Å²) in [5.74, 6) is 1.59. The molecule has 0 aliphatic rings. The topological polar surface area (TPSA) is 60.2 Å². The molecule has 2 aromatic carbocycles. The molecule has 2 heterocycles. The number of ether oxygens (including phenoxy) is 1. The molecule has 1 amide bonds. The Hall–Kier alpha value is -3.45. The minimum atomic E-state index is -0.0704. The van der Waals surface area contributed by atoms with E-state index in [1.54, 1.807) is 29.4 Å². The van der Waals surface area contributed by atoms with Crippen LogP contribution in [0.15, 0.2) is 60.0 Å². The molecule has 6 nitrogen and oxygen atoms in total. The van der Waals surface area contributed by atoms with Crippen molar-refractivity contribution in [1.82, 2.24) is 19.4 Å². The Morgan fingerprint density at radius 3 is 2.66 bits per heavy atom. The number of fused-ring (bicyclic) bond motifs is 1. The smallest absolute Gasteiger partial charge is 0.246 e. The fourth-order valence-corrected chi connectivity index (χ4v) is 4.09. The second-order valence-corrected chi connectivity index (χ2v) is 8.57. The molecule has 32 heavy (non-hydrogen) atoms. The summed E-state index contributed by atoms with van der Waals surface area (Å²) in [5.41, 5.74) is 3.91. The van der Waals surface area contributed by atoms with Crippen LogP contribution in [0.2, 0.25) is 0 Å². The number of hydrogen-bond acceptors (Lipinski definition) is 5. The lowest BCUT2D eigenvalue weighted by Gasteiger charge is -2.15. The third kappa shape index (κ3) is 5.06. The summed E-state index contributed by atoms with van der Waals surface area (Å²) in [5, 5.41) is 3.04. The normalized spacial score (nSPS) is 11.3. The maximum absolute atomic E-state index is 12.6. The number of amides is 1.